The van der Waals surface area contributed by atoms with E-state index >= 15 is 0 Å². The third-order valence-electron chi connectivity index (χ3n) is 2.66. The molecule has 0 bridgehead atoms. The SMILES string of the molecule is Cc1nn(C)cc1CNS(=O)(=O)c1ccc(C(N)=S)s1. The first-order valence-electron chi connectivity index (χ1n) is 5.68. The van der Waals surface area contributed by atoms with Gasteiger partial charge in [-0.3, -0.25) is 4.68 Å². The highest BCUT2D eigenvalue weighted by atomic mass is 32.2. The Morgan fingerprint density at radius 1 is 1.55 bits per heavy atom. The highest BCUT2D eigenvalue weighted by molar-refractivity contribution is 7.91. The van der Waals surface area contributed by atoms with Crippen molar-refractivity contribution in [3.8, 4) is 0 Å². The second kappa shape index (κ2) is 5.60. The average Bonchev–Trinajstić information content (AvgIpc) is 2.94. The molecule has 0 unspecified atom stereocenters. The summed E-state index contributed by atoms with van der Waals surface area (Å²) in [6.07, 6.45) is 1.78. The van der Waals surface area contributed by atoms with Crippen molar-refractivity contribution in [1.82, 2.24) is 14.5 Å². The summed E-state index contributed by atoms with van der Waals surface area (Å²) < 4.78 is 28.7. The van der Waals surface area contributed by atoms with Crippen molar-refractivity contribution >= 4 is 38.6 Å². The minimum Gasteiger partial charge on any atom is -0.389 e. The van der Waals surface area contributed by atoms with E-state index in [-0.39, 0.29) is 15.7 Å². The molecule has 0 aliphatic heterocycles. The number of sulfonamides is 1. The van der Waals surface area contributed by atoms with Crippen LogP contribution in [0.25, 0.3) is 0 Å². The molecule has 6 nitrogen and oxygen atoms in total. The van der Waals surface area contributed by atoms with Gasteiger partial charge >= 0.3 is 0 Å². The number of rotatable bonds is 5. The van der Waals surface area contributed by atoms with E-state index in [1.54, 1.807) is 24.0 Å². The van der Waals surface area contributed by atoms with Crippen LogP contribution >= 0.6 is 23.6 Å². The number of nitrogens with one attached hydrogen (secondary N) is 1. The Labute approximate surface area is 126 Å². The molecule has 0 atom stereocenters. The largest absolute Gasteiger partial charge is 0.389 e. The maximum absolute atomic E-state index is 12.1. The summed E-state index contributed by atoms with van der Waals surface area (Å²) in [5.74, 6) is 0. The predicted molar refractivity (Wildman–Crippen MR) is 82.2 cm³/mol. The first kappa shape index (κ1) is 15.1. The summed E-state index contributed by atoms with van der Waals surface area (Å²) in [5, 5.41) is 4.16. The van der Waals surface area contributed by atoms with Gasteiger partial charge in [0.05, 0.1) is 10.6 Å². The van der Waals surface area contributed by atoms with Crippen molar-refractivity contribution in [2.75, 3.05) is 0 Å². The van der Waals surface area contributed by atoms with Crippen LogP contribution < -0.4 is 10.5 Å². The van der Waals surface area contributed by atoms with Crippen molar-refractivity contribution in [2.24, 2.45) is 12.8 Å². The molecule has 3 N–H and O–H groups in total. The first-order chi connectivity index (χ1) is 9.29. The number of thiophene rings is 1. The fraction of sp³-hybridized carbons (Fsp3) is 0.273. The normalized spacial score (nSPS) is 11.7. The molecule has 0 fully saturated rings. The molecule has 0 radical (unpaired) electrons. The van der Waals surface area contributed by atoms with E-state index in [9.17, 15) is 8.42 Å². The van der Waals surface area contributed by atoms with Crippen LogP contribution in [-0.4, -0.2) is 23.2 Å². The second-order valence-electron chi connectivity index (χ2n) is 4.22. The molecule has 108 valence electrons. The predicted octanol–water partition coefficient (Wildman–Crippen LogP) is 0.903. The zero-order valence-electron chi connectivity index (χ0n) is 11.0. The van der Waals surface area contributed by atoms with E-state index < -0.39 is 10.0 Å². The van der Waals surface area contributed by atoms with Crippen molar-refractivity contribution < 1.29 is 8.42 Å². The molecule has 2 aromatic heterocycles. The molecule has 2 rings (SSSR count). The number of aryl methyl sites for hydroxylation is 2. The molecular weight excluding hydrogens is 316 g/mol. The lowest BCUT2D eigenvalue weighted by atomic mass is 10.3. The zero-order chi connectivity index (χ0) is 14.9. The number of thiocarbonyl (C=S) groups is 1. The number of hydrogen-bond acceptors (Lipinski definition) is 5. The summed E-state index contributed by atoms with van der Waals surface area (Å²) in [5.41, 5.74) is 7.11. The lowest BCUT2D eigenvalue weighted by molar-refractivity contribution is 0.583. The lowest BCUT2D eigenvalue weighted by Crippen LogP contribution is -2.22. The Kier molecular flexibility index (Phi) is 4.23. The van der Waals surface area contributed by atoms with Crippen LogP contribution in [0.15, 0.2) is 22.5 Å². The van der Waals surface area contributed by atoms with Gasteiger partial charge in [0.15, 0.2) is 0 Å². The van der Waals surface area contributed by atoms with Crippen molar-refractivity contribution in [3.05, 3.63) is 34.5 Å². The fourth-order valence-corrected chi connectivity index (χ4v) is 4.07. The monoisotopic (exact) mass is 330 g/mol. The summed E-state index contributed by atoms with van der Waals surface area (Å²) in [6, 6.07) is 3.11. The number of nitrogens with two attached hydrogens (primary N) is 1. The van der Waals surface area contributed by atoms with Gasteiger partial charge in [-0.15, -0.1) is 11.3 Å². The molecule has 0 aromatic carbocycles. The van der Waals surface area contributed by atoms with Crippen molar-refractivity contribution in [3.63, 3.8) is 0 Å². The molecule has 2 heterocycles. The molecule has 0 amide bonds. The highest BCUT2D eigenvalue weighted by Crippen LogP contribution is 2.21. The Morgan fingerprint density at radius 3 is 2.75 bits per heavy atom. The smallest absolute Gasteiger partial charge is 0.250 e. The van der Waals surface area contributed by atoms with Gasteiger partial charge in [0.1, 0.15) is 9.20 Å². The van der Waals surface area contributed by atoms with Gasteiger partial charge in [-0.25, -0.2) is 13.1 Å². The molecule has 0 aliphatic rings. The minimum atomic E-state index is -3.56. The topological polar surface area (TPSA) is 90.0 Å². The van der Waals surface area contributed by atoms with Crippen LogP contribution in [0.4, 0.5) is 0 Å². The Hall–Kier alpha value is -1.29. The van der Waals surface area contributed by atoms with Gasteiger partial charge in [0.2, 0.25) is 10.0 Å². The van der Waals surface area contributed by atoms with Crippen LogP contribution in [0.5, 0.6) is 0 Å². The molecule has 9 heteroatoms. The quantitative estimate of drug-likeness (QED) is 0.795. The fourth-order valence-electron chi connectivity index (χ4n) is 1.66. The Morgan fingerprint density at radius 2 is 2.25 bits per heavy atom. The summed E-state index contributed by atoms with van der Waals surface area (Å²) in [7, 11) is -1.77. The molecule has 0 aliphatic carbocycles. The van der Waals surface area contributed by atoms with Gasteiger partial charge < -0.3 is 5.73 Å². The standard InChI is InChI=1S/C11H14N4O2S3/c1-7-8(6-15(2)14-7)5-13-20(16,17)10-4-3-9(19-10)11(12)18/h3-4,6,13H,5H2,1-2H3,(H2,12,18). The van der Waals surface area contributed by atoms with Crippen LogP contribution in [0, 0.1) is 6.92 Å². The van der Waals surface area contributed by atoms with E-state index in [0.717, 1.165) is 22.6 Å². The molecule has 2 aromatic rings. The third-order valence-corrected chi connectivity index (χ3v) is 6.02. The second-order valence-corrected chi connectivity index (χ2v) is 7.74. The van der Waals surface area contributed by atoms with Crippen LogP contribution in [-0.2, 0) is 23.6 Å². The summed E-state index contributed by atoms with van der Waals surface area (Å²) in [6.45, 7) is 2.03. The van der Waals surface area contributed by atoms with E-state index in [2.05, 4.69) is 9.82 Å². The van der Waals surface area contributed by atoms with Gasteiger partial charge in [0.25, 0.3) is 0 Å². The molecule has 20 heavy (non-hydrogen) atoms. The van der Waals surface area contributed by atoms with E-state index in [1.807, 2.05) is 6.92 Å². The molecule has 0 saturated heterocycles. The minimum absolute atomic E-state index is 0.194. The Bertz CT molecular complexity index is 746. The molecule has 0 spiro atoms. The Balaban J connectivity index is 2.14. The van der Waals surface area contributed by atoms with Gasteiger partial charge in [0, 0.05) is 25.4 Å². The van der Waals surface area contributed by atoms with Crippen molar-refractivity contribution in [2.45, 2.75) is 17.7 Å². The maximum atomic E-state index is 12.1. The van der Waals surface area contributed by atoms with E-state index in [4.69, 9.17) is 18.0 Å². The number of hydrogen-bond donors (Lipinski definition) is 2. The summed E-state index contributed by atoms with van der Waals surface area (Å²) >= 11 is 5.88. The lowest BCUT2D eigenvalue weighted by Gasteiger charge is -2.03. The highest BCUT2D eigenvalue weighted by Gasteiger charge is 2.18. The third kappa shape index (κ3) is 3.23. The van der Waals surface area contributed by atoms with Gasteiger partial charge in [-0.05, 0) is 19.1 Å². The van der Waals surface area contributed by atoms with Crippen molar-refractivity contribution in [1.29, 1.82) is 0 Å². The van der Waals surface area contributed by atoms with Crippen LogP contribution in [0.2, 0.25) is 0 Å². The van der Waals surface area contributed by atoms with Gasteiger partial charge in [-0.1, -0.05) is 12.2 Å². The van der Waals surface area contributed by atoms with E-state index in [0.29, 0.717) is 4.88 Å². The summed E-state index contributed by atoms with van der Waals surface area (Å²) in [4.78, 5) is 0.775. The average molecular weight is 330 g/mol. The zero-order valence-corrected chi connectivity index (χ0v) is 13.4. The molecule has 0 saturated carbocycles. The number of nitrogens with zero attached hydrogens (tertiary/aromatic N) is 2. The first-order valence-corrected chi connectivity index (χ1v) is 8.39. The van der Waals surface area contributed by atoms with Crippen LogP contribution in [0.3, 0.4) is 0 Å². The van der Waals surface area contributed by atoms with E-state index in [1.165, 1.54) is 6.07 Å². The van der Waals surface area contributed by atoms with Gasteiger partial charge in [-0.2, -0.15) is 5.10 Å². The maximum Gasteiger partial charge on any atom is 0.250 e. The van der Waals surface area contributed by atoms with Crippen LogP contribution in [0.1, 0.15) is 16.1 Å². The number of aromatic nitrogens is 2. The molecular formula is C11H14N4O2S3.